The molecule has 0 unspecified atom stereocenters. The highest BCUT2D eigenvalue weighted by atomic mass is 32.2. The van der Waals surface area contributed by atoms with Crippen molar-refractivity contribution in [1.82, 2.24) is 4.31 Å². The number of nitrogens with one attached hydrogen (secondary N) is 1. The zero-order chi connectivity index (χ0) is 21.0. The standard InChI is InChI=1S/C22H28N2O4S/c1-4-28-19-8-10-20(11-9-19)29(26,27)24-14-12-18(13-15-24)22(25)23-21-16(2)6-5-7-17(21)3/h5-11,18H,4,12-15H2,1-3H3,(H,23,25). The maximum absolute atomic E-state index is 12.9. The van der Waals surface area contributed by atoms with Crippen LogP contribution in [-0.2, 0) is 14.8 Å². The van der Waals surface area contributed by atoms with E-state index in [0.717, 1.165) is 16.8 Å². The molecule has 1 aliphatic rings. The lowest BCUT2D eigenvalue weighted by Crippen LogP contribution is -2.41. The van der Waals surface area contributed by atoms with Gasteiger partial charge in [0.2, 0.25) is 15.9 Å². The minimum Gasteiger partial charge on any atom is -0.494 e. The Morgan fingerprint density at radius 1 is 1.07 bits per heavy atom. The lowest BCUT2D eigenvalue weighted by Gasteiger charge is -2.30. The molecule has 0 spiro atoms. The molecule has 0 bridgehead atoms. The average Bonchev–Trinajstić information content (AvgIpc) is 2.71. The molecule has 1 fully saturated rings. The molecule has 1 aliphatic heterocycles. The van der Waals surface area contributed by atoms with Gasteiger partial charge in [0.15, 0.2) is 0 Å². The van der Waals surface area contributed by atoms with Gasteiger partial charge in [-0.1, -0.05) is 18.2 Å². The van der Waals surface area contributed by atoms with Crippen molar-refractivity contribution >= 4 is 21.6 Å². The largest absolute Gasteiger partial charge is 0.494 e. The van der Waals surface area contributed by atoms with E-state index in [1.54, 1.807) is 24.3 Å². The summed E-state index contributed by atoms with van der Waals surface area (Å²) in [6.07, 6.45) is 1.01. The third-order valence-electron chi connectivity index (χ3n) is 5.33. The number of aryl methyl sites for hydroxylation is 2. The van der Waals surface area contributed by atoms with Crippen LogP contribution in [-0.4, -0.2) is 38.3 Å². The van der Waals surface area contributed by atoms with Crippen molar-refractivity contribution in [3.63, 3.8) is 0 Å². The normalized spacial score (nSPS) is 15.8. The fourth-order valence-electron chi connectivity index (χ4n) is 3.62. The number of rotatable bonds is 6. The fraction of sp³-hybridized carbons (Fsp3) is 0.409. The number of sulfonamides is 1. The second-order valence-electron chi connectivity index (χ2n) is 7.34. The summed E-state index contributed by atoms with van der Waals surface area (Å²) in [7, 11) is -3.57. The number of carbonyl (C=O) groups excluding carboxylic acids is 1. The van der Waals surface area contributed by atoms with Crippen molar-refractivity contribution < 1.29 is 17.9 Å². The van der Waals surface area contributed by atoms with E-state index in [4.69, 9.17) is 4.74 Å². The van der Waals surface area contributed by atoms with Gasteiger partial charge in [-0.15, -0.1) is 0 Å². The first-order valence-electron chi connectivity index (χ1n) is 9.93. The topological polar surface area (TPSA) is 75.7 Å². The number of hydrogen-bond acceptors (Lipinski definition) is 4. The number of benzene rings is 2. The van der Waals surface area contributed by atoms with Crippen molar-refractivity contribution in [3.8, 4) is 5.75 Å². The SMILES string of the molecule is CCOc1ccc(S(=O)(=O)N2CCC(C(=O)Nc3c(C)cccc3C)CC2)cc1. The van der Waals surface area contributed by atoms with Crippen LogP contribution in [0.2, 0.25) is 0 Å². The zero-order valence-electron chi connectivity index (χ0n) is 17.1. The fourth-order valence-corrected chi connectivity index (χ4v) is 5.09. The zero-order valence-corrected chi connectivity index (χ0v) is 18.0. The van der Waals surface area contributed by atoms with Crippen LogP contribution in [0.1, 0.15) is 30.9 Å². The Morgan fingerprint density at radius 2 is 1.66 bits per heavy atom. The second kappa shape index (κ2) is 8.97. The smallest absolute Gasteiger partial charge is 0.243 e. The van der Waals surface area contributed by atoms with Crippen LogP contribution in [0.25, 0.3) is 0 Å². The summed E-state index contributed by atoms with van der Waals surface area (Å²) in [6.45, 7) is 7.01. The monoisotopic (exact) mass is 416 g/mol. The average molecular weight is 417 g/mol. The molecule has 0 aromatic heterocycles. The van der Waals surface area contributed by atoms with Gasteiger partial charge in [-0.25, -0.2) is 8.42 Å². The van der Waals surface area contributed by atoms with E-state index in [-0.39, 0.29) is 16.7 Å². The quantitative estimate of drug-likeness (QED) is 0.778. The van der Waals surface area contributed by atoms with Crippen LogP contribution in [0.5, 0.6) is 5.75 Å². The molecule has 0 radical (unpaired) electrons. The molecule has 0 atom stereocenters. The number of nitrogens with zero attached hydrogens (tertiary/aromatic N) is 1. The Balaban J connectivity index is 1.62. The summed E-state index contributed by atoms with van der Waals surface area (Å²) in [5, 5.41) is 3.03. The van der Waals surface area contributed by atoms with Gasteiger partial charge in [-0.3, -0.25) is 4.79 Å². The van der Waals surface area contributed by atoms with E-state index in [1.807, 2.05) is 39.0 Å². The number of amides is 1. The van der Waals surface area contributed by atoms with Gasteiger partial charge < -0.3 is 10.1 Å². The summed E-state index contributed by atoms with van der Waals surface area (Å²) in [4.78, 5) is 13.0. The minimum atomic E-state index is -3.57. The summed E-state index contributed by atoms with van der Waals surface area (Å²) in [5.74, 6) is 0.412. The Hall–Kier alpha value is -2.38. The third kappa shape index (κ3) is 4.79. The minimum absolute atomic E-state index is 0.0412. The highest BCUT2D eigenvalue weighted by Gasteiger charge is 2.32. The van der Waals surface area contributed by atoms with Gasteiger partial charge in [0.1, 0.15) is 5.75 Å². The van der Waals surface area contributed by atoms with Gasteiger partial charge in [0, 0.05) is 24.7 Å². The first kappa shape index (κ1) is 21.3. The Kier molecular flexibility index (Phi) is 6.59. The van der Waals surface area contributed by atoms with Crippen molar-refractivity contribution in [1.29, 1.82) is 0 Å². The molecule has 2 aromatic rings. The lowest BCUT2D eigenvalue weighted by molar-refractivity contribution is -0.120. The molecule has 1 saturated heterocycles. The van der Waals surface area contributed by atoms with Gasteiger partial charge in [-0.2, -0.15) is 4.31 Å². The summed E-state index contributed by atoms with van der Waals surface area (Å²) >= 11 is 0. The number of carbonyl (C=O) groups is 1. The summed E-state index contributed by atoms with van der Waals surface area (Å²) in [6, 6.07) is 12.4. The predicted molar refractivity (Wildman–Crippen MR) is 114 cm³/mol. The summed E-state index contributed by atoms with van der Waals surface area (Å²) in [5.41, 5.74) is 2.89. The van der Waals surface area contributed by atoms with Gasteiger partial charge in [-0.05, 0) is 69.0 Å². The van der Waals surface area contributed by atoms with Gasteiger partial charge in [0.05, 0.1) is 11.5 Å². The van der Waals surface area contributed by atoms with E-state index >= 15 is 0 Å². The number of piperidine rings is 1. The molecular formula is C22H28N2O4S. The molecule has 156 valence electrons. The number of anilines is 1. The van der Waals surface area contributed by atoms with Crippen LogP contribution in [0.3, 0.4) is 0 Å². The number of ether oxygens (including phenoxy) is 1. The van der Waals surface area contributed by atoms with Crippen LogP contribution in [0, 0.1) is 19.8 Å². The predicted octanol–water partition coefficient (Wildman–Crippen LogP) is 3.74. The first-order valence-corrected chi connectivity index (χ1v) is 11.4. The molecule has 6 nitrogen and oxygen atoms in total. The highest BCUT2D eigenvalue weighted by molar-refractivity contribution is 7.89. The molecule has 0 aliphatic carbocycles. The molecule has 1 heterocycles. The van der Waals surface area contributed by atoms with Gasteiger partial charge >= 0.3 is 0 Å². The molecule has 7 heteroatoms. The van der Waals surface area contributed by atoms with E-state index in [1.165, 1.54) is 4.31 Å². The second-order valence-corrected chi connectivity index (χ2v) is 9.28. The van der Waals surface area contributed by atoms with Crippen molar-refractivity contribution in [2.45, 2.75) is 38.5 Å². The Bertz CT molecular complexity index is 943. The molecule has 0 saturated carbocycles. The van der Waals surface area contributed by atoms with Crippen LogP contribution < -0.4 is 10.1 Å². The molecule has 2 aromatic carbocycles. The Morgan fingerprint density at radius 3 is 2.21 bits per heavy atom. The first-order chi connectivity index (χ1) is 13.8. The van der Waals surface area contributed by atoms with E-state index in [2.05, 4.69) is 5.32 Å². The number of para-hydroxylation sites is 1. The van der Waals surface area contributed by atoms with Crippen molar-refractivity contribution in [2.24, 2.45) is 5.92 Å². The third-order valence-corrected chi connectivity index (χ3v) is 7.24. The van der Waals surface area contributed by atoms with Crippen molar-refractivity contribution in [3.05, 3.63) is 53.6 Å². The summed E-state index contributed by atoms with van der Waals surface area (Å²) < 4.78 is 32.6. The Labute approximate surface area is 172 Å². The van der Waals surface area contributed by atoms with Crippen molar-refractivity contribution in [2.75, 3.05) is 25.0 Å². The molecular weight excluding hydrogens is 388 g/mol. The van der Waals surface area contributed by atoms with Crippen LogP contribution >= 0.6 is 0 Å². The highest BCUT2D eigenvalue weighted by Crippen LogP contribution is 2.27. The molecule has 1 amide bonds. The van der Waals surface area contributed by atoms with E-state index < -0.39 is 10.0 Å². The van der Waals surface area contributed by atoms with Crippen LogP contribution in [0.15, 0.2) is 47.4 Å². The lowest BCUT2D eigenvalue weighted by atomic mass is 9.96. The van der Waals surface area contributed by atoms with E-state index in [9.17, 15) is 13.2 Å². The van der Waals surface area contributed by atoms with Crippen LogP contribution in [0.4, 0.5) is 5.69 Å². The van der Waals surface area contributed by atoms with Gasteiger partial charge in [0.25, 0.3) is 0 Å². The molecule has 29 heavy (non-hydrogen) atoms. The number of hydrogen-bond donors (Lipinski definition) is 1. The van der Waals surface area contributed by atoms with E-state index in [0.29, 0.717) is 38.3 Å². The molecule has 3 rings (SSSR count). The maximum atomic E-state index is 12.9. The maximum Gasteiger partial charge on any atom is 0.243 e. The molecule has 1 N–H and O–H groups in total.